The number of hydrogen-bond donors (Lipinski definition) is 8. The first-order valence-corrected chi connectivity index (χ1v) is 20.2. The van der Waals surface area contributed by atoms with Gasteiger partial charge in [-0.25, -0.2) is 0 Å². The summed E-state index contributed by atoms with van der Waals surface area (Å²) in [5.74, 6) is -5.22. The van der Waals surface area contributed by atoms with Crippen LogP contribution in [0, 0.1) is 17.8 Å². The molecule has 1 aromatic carbocycles. The molecule has 16 nitrogen and oxygen atoms in total. The Kier molecular flexibility index (Phi) is 16.2. The molecule has 0 bridgehead atoms. The number of rotatable bonds is 18. The van der Waals surface area contributed by atoms with E-state index in [1.807, 2.05) is 31.2 Å². The van der Waals surface area contributed by atoms with Gasteiger partial charge in [0, 0.05) is 13.1 Å². The Bertz CT molecular complexity index is 1580. The number of nitrogens with two attached hydrogens (primary N) is 2. The Morgan fingerprint density at radius 1 is 0.839 bits per heavy atom. The first-order chi connectivity index (χ1) is 26.6. The first-order valence-electron chi connectivity index (χ1n) is 20.2. The van der Waals surface area contributed by atoms with Gasteiger partial charge in [-0.15, -0.1) is 0 Å². The molecule has 1 aliphatic carbocycles. The van der Waals surface area contributed by atoms with Crippen LogP contribution in [0.1, 0.15) is 103 Å². The number of nitrogens with one attached hydrogen (secondary N) is 5. The Morgan fingerprint density at radius 2 is 1.52 bits per heavy atom. The van der Waals surface area contributed by atoms with E-state index in [-0.39, 0.29) is 37.1 Å². The van der Waals surface area contributed by atoms with Gasteiger partial charge in [-0.2, -0.15) is 0 Å². The molecule has 7 amide bonds. The minimum Gasteiger partial charge on any atom is -0.381 e. The van der Waals surface area contributed by atoms with E-state index in [4.69, 9.17) is 11.5 Å². The minimum atomic E-state index is -1.76. The van der Waals surface area contributed by atoms with E-state index < -0.39 is 90.1 Å². The summed E-state index contributed by atoms with van der Waals surface area (Å²) in [5, 5.41) is 25.8. The van der Waals surface area contributed by atoms with Crippen molar-refractivity contribution in [2.75, 3.05) is 6.54 Å². The quantitative estimate of drug-likeness (QED) is 0.0998. The SMILES string of the molecule is CC[C@@H](C)[C@H](NC(=O)[C@@H]1CCCN1C(=O)[C@@H](O)[C@H](CC1CCCCC1)NC(=O)[C@H](CC(N)=O)NC(=O)[C@@H]1Cc2ccccc2CN1)C(=O)N[C@H](C(N)=O)C(C)C. The highest BCUT2D eigenvalue weighted by Crippen LogP contribution is 2.29. The van der Waals surface area contributed by atoms with Gasteiger partial charge < -0.3 is 48.1 Å². The van der Waals surface area contributed by atoms with Gasteiger partial charge in [-0.1, -0.05) is 90.5 Å². The molecule has 1 aromatic rings. The van der Waals surface area contributed by atoms with Crippen molar-refractivity contribution in [2.45, 2.75) is 147 Å². The van der Waals surface area contributed by atoms with E-state index in [2.05, 4.69) is 26.6 Å². The molecule has 3 aliphatic rings. The number of carbonyl (C=O) groups excluding carboxylic acids is 7. The maximum atomic E-state index is 14.1. The summed E-state index contributed by atoms with van der Waals surface area (Å²) in [6.07, 6.45) is 4.30. The first kappa shape index (κ1) is 44.1. The average molecular weight is 783 g/mol. The largest absolute Gasteiger partial charge is 0.381 e. The summed E-state index contributed by atoms with van der Waals surface area (Å²) in [6.45, 7) is 7.75. The lowest BCUT2D eigenvalue weighted by Gasteiger charge is -2.34. The topological polar surface area (TPSA) is 255 Å². The Hall–Kier alpha value is -4.57. The fourth-order valence-electron chi connectivity index (χ4n) is 8.06. The van der Waals surface area contributed by atoms with Crippen LogP contribution in [0.5, 0.6) is 0 Å². The Balaban J connectivity index is 1.49. The predicted octanol–water partition coefficient (Wildman–Crippen LogP) is 0.0252. The van der Waals surface area contributed by atoms with Gasteiger partial charge in [-0.05, 0) is 54.6 Å². The smallest absolute Gasteiger partial charge is 0.254 e. The van der Waals surface area contributed by atoms with Gasteiger partial charge in [0.2, 0.25) is 35.4 Å². The third-order valence-corrected chi connectivity index (χ3v) is 11.6. The number of fused-ring (bicyclic) bond motifs is 1. The zero-order chi connectivity index (χ0) is 41.1. The van der Waals surface area contributed by atoms with Gasteiger partial charge >= 0.3 is 0 Å². The second-order valence-electron chi connectivity index (χ2n) is 16.1. The molecular weight excluding hydrogens is 720 g/mol. The van der Waals surface area contributed by atoms with Crippen molar-refractivity contribution in [1.29, 1.82) is 0 Å². The summed E-state index contributed by atoms with van der Waals surface area (Å²) < 4.78 is 0. The highest BCUT2D eigenvalue weighted by Gasteiger charge is 2.42. The zero-order valence-electron chi connectivity index (χ0n) is 33.2. The maximum absolute atomic E-state index is 14.1. The number of aliphatic hydroxyl groups is 1. The van der Waals surface area contributed by atoms with Crippen LogP contribution in [0.15, 0.2) is 24.3 Å². The van der Waals surface area contributed by atoms with Gasteiger partial charge in [-0.3, -0.25) is 33.6 Å². The lowest BCUT2D eigenvalue weighted by Crippen LogP contribution is -2.61. The second kappa shape index (κ2) is 20.6. The minimum absolute atomic E-state index is 0.0923. The molecule has 2 heterocycles. The number of likely N-dealkylation sites (tertiary alicyclic amines) is 1. The molecule has 2 aliphatic heterocycles. The zero-order valence-corrected chi connectivity index (χ0v) is 33.2. The van der Waals surface area contributed by atoms with Crippen molar-refractivity contribution in [3.8, 4) is 0 Å². The van der Waals surface area contributed by atoms with E-state index in [1.54, 1.807) is 20.8 Å². The van der Waals surface area contributed by atoms with Gasteiger partial charge in [0.05, 0.1) is 18.5 Å². The van der Waals surface area contributed by atoms with E-state index in [0.717, 1.165) is 43.2 Å². The van der Waals surface area contributed by atoms with Crippen molar-refractivity contribution in [3.63, 3.8) is 0 Å². The molecule has 0 aromatic heterocycles. The lowest BCUT2D eigenvalue weighted by molar-refractivity contribution is -0.148. The Morgan fingerprint density at radius 3 is 2.14 bits per heavy atom. The average Bonchev–Trinajstić information content (AvgIpc) is 3.67. The molecule has 310 valence electrons. The number of amides is 7. The molecule has 56 heavy (non-hydrogen) atoms. The fourth-order valence-corrected chi connectivity index (χ4v) is 8.06. The number of benzene rings is 1. The lowest BCUT2D eigenvalue weighted by atomic mass is 9.83. The molecule has 10 N–H and O–H groups in total. The molecular formula is C40H62N8O8. The standard InChI is InChI=1S/C40H62N8O8/c1-5-23(4)33(39(55)46-32(22(2)3)35(42)51)47-38(54)30-16-11-17-48(30)40(56)34(50)27(18-24-12-7-6-8-13-24)44-37(53)29(20-31(41)49)45-36(52)28-19-25-14-9-10-15-26(25)21-43-28/h9-10,14-15,22-24,27-30,32-34,43,50H,5-8,11-13,16-21H2,1-4H3,(H2,41,49)(H2,42,51)(H,44,53)(H,45,52)(H,46,55)(H,47,54)/t23-,27+,28+,29+,30+,32+,33+,34+/m1/s1. The number of nitrogens with zero attached hydrogens (tertiary/aromatic N) is 1. The molecule has 0 radical (unpaired) electrons. The third kappa shape index (κ3) is 11.7. The van der Waals surface area contributed by atoms with Crippen molar-refractivity contribution in [3.05, 3.63) is 35.4 Å². The molecule has 1 saturated carbocycles. The van der Waals surface area contributed by atoms with Crippen LogP contribution in [0.4, 0.5) is 0 Å². The van der Waals surface area contributed by atoms with Crippen LogP contribution in [0.2, 0.25) is 0 Å². The second-order valence-corrected chi connectivity index (χ2v) is 16.1. The fraction of sp³-hybridized carbons (Fsp3) is 0.675. The van der Waals surface area contributed by atoms with Crippen molar-refractivity contribution in [1.82, 2.24) is 31.5 Å². The van der Waals surface area contributed by atoms with Crippen LogP contribution in [-0.2, 0) is 46.5 Å². The normalized spacial score (nSPS) is 21.7. The third-order valence-electron chi connectivity index (χ3n) is 11.6. The molecule has 8 atom stereocenters. The molecule has 16 heteroatoms. The van der Waals surface area contributed by atoms with Crippen LogP contribution < -0.4 is 38.1 Å². The van der Waals surface area contributed by atoms with Gasteiger partial charge in [0.25, 0.3) is 5.91 Å². The van der Waals surface area contributed by atoms with Crippen molar-refractivity contribution < 1.29 is 38.7 Å². The van der Waals surface area contributed by atoms with Crippen LogP contribution >= 0.6 is 0 Å². The van der Waals surface area contributed by atoms with Crippen LogP contribution in [0.3, 0.4) is 0 Å². The maximum Gasteiger partial charge on any atom is 0.254 e. The van der Waals surface area contributed by atoms with Crippen molar-refractivity contribution >= 4 is 41.4 Å². The summed E-state index contributed by atoms with van der Waals surface area (Å²) in [4.78, 5) is 94.1. The van der Waals surface area contributed by atoms with Crippen LogP contribution in [-0.4, -0.2) is 100 Å². The molecule has 0 spiro atoms. The van der Waals surface area contributed by atoms with E-state index in [9.17, 15) is 38.7 Å². The van der Waals surface area contributed by atoms with Crippen molar-refractivity contribution in [2.24, 2.45) is 29.2 Å². The number of carbonyl (C=O) groups is 7. The summed E-state index contributed by atoms with van der Waals surface area (Å²) in [5.41, 5.74) is 13.1. The van der Waals surface area contributed by atoms with E-state index in [1.165, 1.54) is 4.90 Å². The number of primary amides is 2. The summed E-state index contributed by atoms with van der Waals surface area (Å²) in [7, 11) is 0. The van der Waals surface area contributed by atoms with Crippen LogP contribution in [0.25, 0.3) is 0 Å². The highest BCUT2D eigenvalue weighted by molar-refractivity contribution is 5.96. The monoisotopic (exact) mass is 782 g/mol. The summed E-state index contributed by atoms with van der Waals surface area (Å²) >= 11 is 0. The predicted molar refractivity (Wildman–Crippen MR) is 208 cm³/mol. The molecule has 1 saturated heterocycles. The van der Waals surface area contributed by atoms with Gasteiger partial charge in [0.15, 0.2) is 6.10 Å². The molecule has 4 rings (SSSR count). The Labute approximate surface area is 329 Å². The number of aliphatic hydroxyl groups excluding tert-OH is 1. The highest BCUT2D eigenvalue weighted by atomic mass is 16.3. The molecule has 0 unspecified atom stereocenters. The van der Waals surface area contributed by atoms with E-state index in [0.29, 0.717) is 25.8 Å². The summed E-state index contributed by atoms with van der Waals surface area (Å²) in [6, 6.07) is 1.59. The number of hydrogen-bond acceptors (Lipinski definition) is 9. The molecule has 2 fully saturated rings. The van der Waals surface area contributed by atoms with Gasteiger partial charge in [0.1, 0.15) is 24.2 Å². The van der Waals surface area contributed by atoms with E-state index >= 15 is 0 Å².